The number of benzene rings is 1. The quantitative estimate of drug-likeness (QED) is 0.665. The van der Waals surface area contributed by atoms with E-state index in [-0.39, 0.29) is 11.2 Å². The lowest BCUT2D eigenvalue weighted by atomic mass is 10.0. The second kappa shape index (κ2) is 6.72. The van der Waals surface area contributed by atoms with Crippen LogP contribution >= 0.6 is 11.8 Å². The Hall–Kier alpha value is -2.41. The molecule has 1 atom stereocenters. The zero-order valence-electron chi connectivity index (χ0n) is 15.1. The summed E-state index contributed by atoms with van der Waals surface area (Å²) in [6.45, 7) is 6.60. The van der Waals surface area contributed by atoms with Gasteiger partial charge in [0.1, 0.15) is 0 Å². The van der Waals surface area contributed by atoms with Gasteiger partial charge in [0.05, 0.1) is 5.25 Å². The molecule has 26 heavy (non-hydrogen) atoms. The van der Waals surface area contributed by atoms with Crippen LogP contribution in [-0.2, 0) is 11.2 Å². The van der Waals surface area contributed by atoms with Crippen molar-refractivity contribution in [2.24, 2.45) is 0 Å². The van der Waals surface area contributed by atoms with Crippen LogP contribution in [0.4, 0.5) is 5.69 Å². The van der Waals surface area contributed by atoms with Crippen molar-refractivity contribution in [3.05, 3.63) is 47.3 Å². The molecule has 0 saturated heterocycles. The van der Waals surface area contributed by atoms with Crippen LogP contribution in [0.25, 0.3) is 5.78 Å². The van der Waals surface area contributed by atoms with Gasteiger partial charge in [0.15, 0.2) is 0 Å². The number of carbonyl (C=O) groups is 1. The third kappa shape index (κ3) is 3.07. The largest absolute Gasteiger partial charge is 0.311 e. The molecule has 2 aromatic heterocycles. The summed E-state index contributed by atoms with van der Waals surface area (Å²) in [5, 5.41) is 4.82. The third-order valence-electron chi connectivity index (χ3n) is 4.61. The van der Waals surface area contributed by atoms with Gasteiger partial charge >= 0.3 is 0 Å². The Labute approximate surface area is 156 Å². The van der Waals surface area contributed by atoms with Crippen LogP contribution in [0.1, 0.15) is 30.3 Å². The standard InChI is InChI=1S/C19H21N5OS/c1-12-11-13(2)24-18(20-12)21-19(22-24)26-14(3)17(25)23-10-6-8-15-7-4-5-9-16(15)23/h4-5,7,9,11,14H,6,8,10H2,1-3H3/t14-/m1/s1. The van der Waals surface area contributed by atoms with Gasteiger partial charge in [-0.1, -0.05) is 30.0 Å². The molecular weight excluding hydrogens is 346 g/mol. The van der Waals surface area contributed by atoms with E-state index in [4.69, 9.17) is 0 Å². The Morgan fingerprint density at radius 2 is 2.04 bits per heavy atom. The average Bonchev–Trinajstić information content (AvgIpc) is 3.03. The zero-order chi connectivity index (χ0) is 18.3. The number of thioether (sulfide) groups is 1. The third-order valence-corrected chi connectivity index (χ3v) is 5.54. The van der Waals surface area contributed by atoms with E-state index >= 15 is 0 Å². The summed E-state index contributed by atoms with van der Waals surface area (Å²) in [5.41, 5.74) is 4.17. The van der Waals surface area contributed by atoms with Crippen molar-refractivity contribution in [2.45, 2.75) is 44.0 Å². The Morgan fingerprint density at radius 1 is 1.23 bits per heavy atom. The molecule has 0 unspecified atom stereocenters. The van der Waals surface area contributed by atoms with Crippen LogP contribution in [0.15, 0.2) is 35.5 Å². The Balaban J connectivity index is 1.56. The molecule has 0 N–H and O–H groups in total. The zero-order valence-corrected chi connectivity index (χ0v) is 16.0. The van der Waals surface area contributed by atoms with Crippen molar-refractivity contribution in [1.82, 2.24) is 19.6 Å². The number of fused-ring (bicyclic) bond motifs is 2. The van der Waals surface area contributed by atoms with Gasteiger partial charge in [0, 0.05) is 23.6 Å². The second-order valence-electron chi connectivity index (χ2n) is 6.63. The van der Waals surface area contributed by atoms with E-state index in [0.29, 0.717) is 10.9 Å². The smallest absolute Gasteiger partial charge is 0.253 e. The first-order valence-electron chi connectivity index (χ1n) is 8.80. The fourth-order valence-corrected chi connectivity index (χ4v) is 4.20. The molecule has 6 nitrogen and oxygen atoms in total. The maximum Gasteiger partial charge on any atom is 0.253 e. The number of aromatic nitrogens is 4. The summed E-state index contributed by atoms with van der Waals surface area (Å²) in [5.74, 6) is 0.676. The maximum atomic E-state index is 13.0. The van der Waals surface area contributed by atoms with Crippen LogP contribution in [0.2, 0.25) is 0 Å². The molecule has 1 aliphatic rings. The molecule has 4 rings (SSSR count). The van der Waals surface area contributed by atoms with Crippen molar-refractivity contribution >= 4 is 29.1 Å². The molecule has 1 amide bonds. The molecule has 3 aromatic rings. The number of amides is 1. The van der Waals surface area contributed by atoms with Gasteiger partial charge in [-0.15, -0.1) is 5.10 Å². The molecule has 7 heteroatoms. The number of para-hydroxylation sites is 1. The number of carbonyl (C=O) groups excluding carboxylic acids is 1. The maximum absolute atomic E-state index is 13.0. The van der Waals surface area contributed by atoms with Gasteiger partial charge in [0.25, 0.3) is 5.78 Å². The lowest BCUT2D eigenvalue weighted by Gasteiger charge is -2.31. The predicted molar refractivity (Wildman–Crippen MR) is 103 cm³/mol. The van der Waals surface area contributed by atoms with Crippen LogP contribution in [0.5, 0.6) is 0 Å². The van der Waals surface area contributed by atoms with Crippen molar-refractivity contribution in [3.8, 4) is 0 Å². The van der Waals surface area contributed by atoms with E-state index in [1.807, 2.05) is 49.9 Å². The van der Waals surface area contributed by atoms with E-state index < -0.39 is 0 Å². The van der Waals surface area contributed by atoms with E-state index in [2.05, 4.69) is 21.1 Å². The molecule has 1 aliphatic heterocycles. The van der Waals surface area contributed by atoms with Crippen molar-refractivity contribution in [2.75, 3.05) is 11.4 Å². The average molecular weight is 367 g/mol. The fraction of sp³-hybridized carbons (Fsp3) is 0.368. The number of hydrogen-bond acceptors (Lipinski definition) is 5. The summed E-state index contributed by atoms with van der Waals surface area (Å²) in [6.07, 6.45) is 2.02. The highest BCUT2D eigenvalue weighted by molar-refractivity contribution is 8.00. The lowest BCUT2D eigenvalue weighted by Crippen LogP contribution is -2.40. The van der Waals surface area contributed by atoms with Gasteiger partial charge in [0.2, 0.25) is 11.1 Å². The van der Waals surface area contributed by atoms with E-state index in [0.717, 1.165) is 36.5 Å². The second-order valence-corrected chi connectivity index (χ2v) is 7.94. The molecule has 0 spiro atoms. The molecule has 134 valence electrons. The van der Waals surface area contributed by atoms with Crippen LogP contribution in [0.3, 0.4) is 0 Å². The van der Waals surface area contributed by atoms with Gasteiger partial charge in [-0.2, -0.15) is 4.98 Å². The van der Waals surface area contributed by atoms with Crippen LogP contribution < -0.4 is 4.90 Å². The highest BCUT2D eigenvalue weighted by atomic mass is 32.2. The van der Waals surface area contributed by atoms with Gasteiger partial charge < -0.3 is 4.90 Å². The number of hydrogen-bond donors (Lipinski definition) is 0. The molecular formula is C19H21N5OS. The highest BCUT2D eigenvalue weighted by Gasteiger charge is 2.27. The predicted octanol–water partition coefficient (Wildman–Crippen LogP) is 3.20. The SMILES string of the molecule is Cc1cc(C)n2nc(S[C@H](C)C(=O)N3CCCc4ccccc43)nc2n1. The highest BCUT2D eigenvalue weighted by Crippen LogP contribution is 2.30. The molecule has 0 radical (unpaired) electrons. The summed E-state index contributed by atoms with van der Waals surface area (Å²) >= 11 is 1.39. The summed E-state index contributed by atoms with van der Waals surface area (Å²) in [7, 11) is 0. The minimum absolute atomic E-state index is 0.0990. The summed E-state index contributed by atoms with van der Waals surface area (Å²) < 4.78 is 1.72. The van der Waals surface area contributed by atoms with Crippen LogP contribution in [0, 0.1) is 13.8 Å². The lowest BCUT2D eigenvalue weighted by molar-refractivity contribution is -0.117. The topological polar surface area (TPSA) is 63.4 Å². The van der Waals surface area contributed by atoms with Crippen molar-refractivity contribution in [1.29, 1.82) is 0 Å². The van der Waals surface area contributed by atoms with Crippen molar-refractivity contribution < 1.29 is 4.79 Å². The first-order chi connectivity index (χ1) is 12.5. The van der Waals surface area contributed by atoms with Gasteiger partial charge in [-0.05, 0) is 51.3 Å². The van der Waals surface area contributed by atoms with E-state index in [1.54, 1.807) is 4.52 Å². The normalized spacial score (nSPS) is 15.1. The summed E-state index contributed by atoms with van der Waals surface area (Å²) in [6, 6.07) is 10.1. The number of anilines is 1. The van der Waals surface area contributed by atoms with E-state index in [9.17, 15) is 4.79 Å². The monoisotopic (exact) mass is 367 g/mol. The minimum atomic E-state index is -0.264. The fourth-order valence-electron chi connectivity index (χ4n) is 3.39. The first kappa shape index (κ1) is 17.0. The Kier molecular flexibility index (Phi) is 4.40. The molecule has 0 saturated carbocycles. The molecule has 0 aliphatic carbocycles. The van der Waals surface area contributed by atoms with E-state index in [1.165, 1.54) is 17.3 Å². The molecule has 0 fully saturated rings. The number of aryl methyl sites for hydroxylation is 3. The number of nitrogens with zero attached hydrogens (tertiary/aromatic N) is 5. The number of rotatable bonds is 3. The first-order valence-corrected chi connectivity index (χ1v) is 9.68. The molecule has 1 aromatic carbocycles. The Morgan fingerprint density at radius 3 is 2.88 bits per heavy atom. The van der Waals surface area contributed by atoms with Gasteiger partial charge in [-0.25, -0.2) is 9.50 Å². The molecule has 3 heterocycles. The minimum Gasteiger partial charge on any atom is -0.311 e. The van der Waals surface area contributed by atoms with Gasteiger partial charge in [-0.3, -0.25) is 4.79 Å². The van der Waals surface area contributed by atoms with Crippen molar-refractivity contribution in [3.63, 3.8) is 0 Å². The van der Waals surface area contributed by atoms with Crippen LogP contribution in [-0.4, -0.2) is 37.3 Å². The Bertz CT molecular complexity index is 983. The summed E-state index contributed by atoms with van der Waals surface area (Å²) in [4.78, 5) is 23.8. The molecule has 0 bridgehead atoms.